The molecule has 0 aromatic heterocycles. The molecule has 0 aliphatic carbocycles. The number of nitrogens with one attached hydrogen (secondary N) is 2. The Bertz CT molecular complexity index is 627. The lowest BCUT2D eigenvalue weighted by molar-refractivity contribution is 1.03. The fourth-order valence-corrected chi connectivity index (χ4v) is 2.35. The van der Waals surface area contributed by atoms with Gasteiger partial charge in [-0.05, 0) is 42.7 Å². The Morgan fingerprint density at radius 2 is 1.81 bits per heavy atom. The average Bonchev–Trinajstić information content (AvgIpc) is 2.46. The van der Waals surface area contributed by atoms with Crippen molar-refractivity contribution in [2.45, 2.75) is 13.8 Å². The lowest BCUT2D eigenvalue weighted by Gasteiger charge is -2.10. The van der Waals surface area contributed by atoms with E-state index in [0.717, 1.165) is 11.4 Å². The Labute approximate surface area is 126 Å². The Balaban J connectivity index is 2.10. The van der Waals surface area contributed by atoms with Crippen molar-refractivity contribution in [3.63, 3.8) is 0 Å². The lowest BCUT2D eigenvalue weighted by Crippen LogP contribution is -2.14. The number of benzene rings is 2. The minimum absolute atomic E-state index is 0.629. The van der Waals surface area contributed by atoms with Crippen LogP contribution < -0.4 is 16.4 Å². The van der Waals surface area contributed by atoms with Crippen LogP contribution in [0.1, 0.15) is 11.1 Å². The molecular weight excluding hydrogens is 258 g/mol. The van der Waals surface area contributed by atoms with Crippen LogP contribution in [0.15, 0.2) is 54.4 Å². The summed E-state index contributed by atoms with van der Waals surface area (Å²) in [6.07, 6.45) is 1.79. The highest BCUT2D eigenvalue weighted by Crippen LogP contribution is 2.25. The van der Waals surface area contributed by atoms with E-state index in [0.29, 0.717) is 6.54 Å². The topological polar surface area (TPSA) is 50.1 Å². The predicted molar refractivity (Wildman–Crippen MR) is 91.2 cm³/mol. The number of anilines is 1. The van der Waals surface area contributed by atoms with Crippen molar-refractivity contribution < 1.29 is 0 Å². The van der Waals surface area contributed by atoms with E-state index >= 15 is 0 Å². The van der Waals surface area contributed by atoms with Crippen LogP contribution in [-0.4, -0.2) is 13.6 Å². The minimum Gasteiger partial charge on any atom is -0.399 e. The molecule has 0 amide bonds. The molecule has 0 spiro atoms. The van der Waals surface area contributed by atoms with Crippen LogP contribution in [0, 0.1) is 13.8 Å². The first kappa shape index (κ1) is 15.0. The standard InChI is InChI=1S/C18H23N3/c1-13-4-9-18(14(2)10-13)15-5-7-17(8-6-15)21-12-16(19)11-20-3/h4-11,20-21H,12,19H2,1-3H3/b16-11-. The molecule has 2 aromatic rings. The summed E-state index contributed by atoms with van der Waals surface area (Å²) in [5, 5.41) is 6.22. The van der Waals surface area contributed by atoms with Crippen LogP contribution in [0.2, 0.25) is 0 Å². The second-order valence-corrected chi connectivity index (χ2v) is 5.26. The van der Waals surface area contributed by atoms with Gasteiger partial charge in [0, 0.05) is 24.6 Å². The van der Waals surface area contributed by atoms with Gasteiger partial charge in [0.15, 0.2) is 0 Å². The van der Waals surface area contributed by atoms with E-state index < -0.39 is 0 Å². The Hall–Kier alpha value is -2.42. The maximum Gasteiger partial charge on any atom is 0.0560 e. The molecular formula is C18H23N3. The highest BCUT2D eigenvalue weighted by atomic mass is 14.9. The molecule has 2 aromatic carbocycles. The van der Waals surface area contributed by atoms with Crippen molar-refractivity contribution in [1.29, 1.82) is 0 Å². The monoisotopic (exact) mass is 281 g/mol. The number of nitrogens with two attached hydrogens (primary N) is 1. The minimum atomic E-state index is 0.629. The number of rotatable bonds is 5. The maximum atomic E-state index is 5.82. The normalized spacial score (nSPS) is 11.3. The predicted octanol–water partition coefficient (Wildman–Crippen LogP) is 3.40. The first-order chi connectivity index (χ1) is 10.1. The van der Waals surface area contributed by atoms with Gasteiger partial charge in [-0.3, -0.25) is 0 Å². The molecule has 0 aliphatic rings. The Kier molecular flexibility index (Phi) is 4.88. The van der Waals surface area contributed by atoms with Gasteiger partial charge in [-0.25, -0.2) is 0 Å². The van der Waals surface area contributed by atoms with Gasteiger partial charge in [0.1, 0.15) is 0 Å². The number of aryl methyl sites for hydroxylation is 2. The first-order valence-electron chi connectivity index (χ1n) is 7.13. The summed E-state index contributed by atoms with van der Waals surface area (Å²) >= 11 is 0. The fraction of sp³-hybridized carbons (Fsp3) is 0.222. The Morgan fingerprint density at radius 1 is 1.10 bits per heavy atom. The summed E-state index contributed by atoms with van der Waals surface area (Å²) in [6.45, 7) is 4.90. The molecule has 0 aliphatic heterocycles. The molecule has 0 radical (unpaired) electrons. The van der Waals surface area contributed by atoms with Gasteiger partial charge in [-0.1, -0.05) is 35.9 Å². The van der Waals surface area contributed by atoms with Crippen molar-refractivity contribution >= 4 is 5.69 Å². The van der Waals surface area contributed by atoms with Crippen LogP contribution >= 0.6 is 0 Å². The van der Waals surface area contributed by atoms with Gasteiger partial charge in [0.05, 0.1) is 6.54 Å². The van der Waals surface area contributed by atoms with E-state index in [1.807, 2.05) is 7.05 Å². The first-order valence-corrected chi connectivity index (χ1v) is 7.13. The second kappa shape index (κ2) is 6.84. The quantitative estimate of drug-likeness (QED) is 0.787. The summed E-state index contributed by atoms with van der Waals surface area (Å²) in [5.41, 5.74) is 12.8. The molecule has 0 atom stereocenters. The smallest absolute Gasteiger partial charge is 0.0560 e. The largest absolute Gasteiger partial charge is 0.399 e. The zero-order valence-electron chi connectivity index (χ0n) is 12.9. The van der Waals surface area contributed by atoms with E-state index in [1.165, 1.54) is 22.3 Å². The molecule has 21 heavy (non-hydrogen) atoms. The third kappa shape index (κ3) is 4.02. The maximum absolute atomic E-state index is 5.82. The molecule has 4 N–H and O–H groups in total. The average molecular weight is 281 g/mol. The lowest BCUT2D eigenvalue weighted by atomic mass is 9.99. The molecule has 110 valence electrons. The molecule has 0 fully saturated rings. The van der Waals surface area contributed by atoms with E-state index in [-0.39, 0.29) is 0 Å². The van der Waals surface area contributed by atoms with Crippen molar-refractivity contribution in [2.24, 2.45) is 5.73 Å². The third-order valence-electron chi connectivity index (χ3n) is 3.40. The van der Waals surface area contributed by atoms with Crippen LogP contribution in [0.4, 0.5) is 5.69 Å². The summed E-state index contributed by atoms with van der Waals surface area (Å²) < 4.78 is 0. The molecule has 2 rings (SSSR count). The molecule has 0 heterocycles. The SMILES string of the molecule is CN/C=C(\N)CNc1ccc(-c2ccc(C)cc2C)cc1. The zero-order valence-corrected chi connectivity index (χ0v) is 12.9. The van der Waals surface area contributed by atoms with Crippen LogP contribution in [0.3, 0.4) is 0 Å². The van der Waals surface area contributed by atoms with Crippen molar-refractivity contribution in [3.05, 3.63) is 65.5 Å². The zero-order chi connectivity index (χ0) is 15.2. The van der Waals surface area contributed by atoms with Crippen LogP contribution in [-0.2, 0) is 0 Å². The highest BCUT2D eigenvalue weighted by Gasteiger charge is 2.02. The number of hydrogen-bond donors (Lipinski definition) is 3. The molecule has 0 bridgehead atoms. The van der Waals surface area contributed by atoms with E-state index in [9.17, 15) is 0 Å². The summed E-state index contributed by atoms with van der Waals surface area (Å²) in [7, 11) is 1.84. The highest BCUT2D eigenvalue weighted by molar-refractivity contribution is 5.69. The van der Waals surface area contributed by atoms with E-state index in [1.54, 1.807) is 6.20 Å². The van der Waals surface area contributed by atoms with E-state index in [4.69, 9.17) is 5.73 Å². The Morgan fingerprint density at radius 3 is 2.43 bits per heavy atom. The summed E-state index contributed by atoms with van der Waals surface area (Å²) in [5.74, 6) is 0. The van der Waals surface area contributed by atoms with Gasteiger partial charge < -0.3 is 16.4 Å². The summed E-state index contributed by atoms with van der Waals surface area (Å²) in [6, 6.07) is 15.0. The fourth-order valence-electron chi connectivity index (χ4n) is 2.35. The second-order valence-electron chi connectivity index (χ2n) is 5.26. The third-order valence-corrected chi connectivity index (χ3v) is 3.40. The van der Waals surface area contributed by atoms with Crippen molar-refractivity contribution in [1.82, 2.24) is 5.32 Å². The molecule has 0 unspecified atom stereocenters. The molecule has 3 nitrogen and oxygen atoms in total. The van der Waals surface area contributed by atoms with Gasteiger partial charge in [-0.15, -0.1) is 0 Å². The van der Waals surface area contributed by atoms with Crippen LogP contribution in [0.5, 0.6) is 0 Å². The van der Waals surface area contributed by atoms with Gasteiger partial charge in [-0.2, -0.15) is 0 Å². The number of hydrogen-bond acceptors (Lipinski definition) is 3. The van der Waals surface area contributed by atoms with E-state index in [2.05, 4.69) is 66.9 Å². The van der Waals surface area contributed by atoms with Crippen molar-refractivity contribution in [2.75, 3.05) is 18.9 Å². The van der Waals surface area contributed by atoms with Crippen molar-refractivity contribution in [3.8, 4) is 11.1 Å². The summed E-state index contributed by atoms with van der Waals surface area (Å²) in [4.78, 5) is 0. The van der Waals surface area contributed by atoms with Gasteiger partial charge in [0.2, 0.25) is 0 Å². The molecule has 0 saturated carbocycles. The molecule has 0 saturated heterocycles. The van der Waals surface area contributed by atoms with Gasteiger partial charge >= 0.3 is 0 Å². The van der Waals surface area contributed by atoms with Gasteiger partial charge in [0.25, 0.3) is 0 Å². The van der Waals surface area contributed by atoms with Crippen LogP contribution in [0.25, 0.3) is 11.1 Å². The molecule has 3 heteroatoms.